The Morgan fingerprint density at radius 3 is 2.43 bits per heavy atom. The van der Waals surface area contributed by atoms with E-state index in [-0.39, 0.29) is 5.97 Å². The third-order valence-corrected chi connectivity index (χ3v) is 3.44. The normalized spacial score (nSPS) is 10.0. The van der Waals surface area contributed by atoms with Gasteiger partial charge in [0.2, 0.25) is 0 Å². The molecule has 108 valence electrons. The zero-order valence-electron chi connectivity index (χ0n) is 11.4. The van der Waals surface area contributed by atoms with Gasteiger partial charge >= 0.3 is 5.97 Å². The van der Waals surface area contributed by atoms with Gasteiger partial charge in [0.15, 0.2) is 0 Å². The van der Waals surface area contributed by atoms with Gasteiger partial charge in [-0.25, -0.2) is 4.79 Å². The maximum Gasteiger partial charge on any atom is 0.340 e. The van der Waals surface area contributed by atoms with Crippen molar-refractivity contribution in [3.8, 4) is 0 Å². The van der Waals surface area contributed by atoms with Crippen LogP contribution >= 0.6 is 23.8 Å². The molecule has 0 spiro atoms. The molecular weight excluding hydrogens is 306 g/mol. The molecule has 0 aromatic heterocycles. The van der Waals surface area contributed by atoms with E-state index in [0.717, 1.165) is 0 Å². The lowest BCUT2D eigenvalue weighted by Gasteiger charge is -2.13. The molecule has 0 bridgehead atoms. The second kappa shape index (κ2) is 7.20. The Bertz CT molecular complexity index is 673. The average molecular weight is 320 g/mol. The van der Waals surface area contributed by atoms with E-state index in [1.807, 2.05) is 24.3 Å². The number of nitrogens with one attached hydrogen (secondary N) is 1. The monoisotopic (exact) mass is 319 g/mol. The third kappa shape index (κ3) is 3.80. The lowest BCUT2D eigenvalue weighted by atomic mass is 10.1. The Morgan fingerprint density at radius 1 is 1.14 bits per heavy atom. The van der Waals surface area contributed by atoms with Gasteiger partial charge in [-0.15, -0.1) is 0 Å². The molecule has 0 unspecified atom stereocenters. The van der Waals surface area contributed by atoms with Crippen LogP contribution in [0.15, 0.2) is 48.5 Å². The second-order valence-corrected chi connectivity index (χ2v) is 5.02. The number of para-hydroxylation sites is 1. The van der Waals surface area contributed by atoms with Crippen molar-refractivity contribution in [2.24, 2.45) is 0 Å². The molecular formula is C16H14ClNO2S. The van der Waals surface area contributed by atoms with Gasteiger partial charge in [0.05, 0.1) is 22.9 Å². The topological polar surface area (TPSA) is 38.3 Å². The number of carbonyl (C=O) groups is 1. The Balaban J connectivity index is 2.26. The first-order valence-corrected chi connectivity index (χ1v) is 7.24. The van der Waals surface area contributed by atoms with Crippen molar-refractivity contribution in [2.75, 3.05) is 11.9 Å². The van der Waals surface area contributed by atoms with Crippen molar-refractivity contribution in [1.29, 1.82) is 0 Å². The molecule has 0 heterocycles. The van der Waals surface area contributed by atoms with Gasteiger partial charge in [0.25, 0.3) is 0 Å². The fourth-order valence-electron chi connectivity index (χ4n) is 1.81. The van der Waals surface area contributed by atoms with Gasteiger partial charge in [0.1, 0.15) is 4.99 Å². The van der Waals surface area contributed by atoms with E-state index in [0.29, 0.717) is 33.4 Å². The summed E-state index contributed by atoms with van der Waals surface area (Å²) in [7, 11) is 0. The number of halogens is 1. The highest BCUT2D eigenvalue weighted by molar-refractivity contribution is 7.81. The quantitative estimate of drug-likeness (QED) is 0.673. The van der Waals surface area contributed by atoms with Crippen LogP contribution in [0.3, 0.4) is 0 Å². The molecule has 0 aliphatic carbocycles. The summed E-state index contributed by atoms with van der Waals surface area (Å²) in [6.07, 6.45) is 0. The molecule has 0 saturated carbocycles. The van der Waals surface area contributed by atoms with Crippen molar-refractivity contribution in [3.05, 3.63) is 64.7 Å². The molecule has 0 fully saturated rings. The van der Waals surface area contributed by atoms with Crippen LogP contribution < -0.4 is 5.32 Å². The molecule has 0 aliphatic heterocycles. The Kier molecular flexibility index (Phi) is 5.31. The Labute approximate surface area is 133 Å². The maximum absolute atomic E-state index is 11.9. The van der Waals surface area contributed by atoms with Gasteiger partial charge in [-0.2, -0.15) is 0 Å². The molecule has 5 heteroatoms. The highest BCUT2D eigenvalue weighted by atomic mass is 35.5. The number of carbonyl (C=O) groups excluding carboxylic acids is 1. The first kappa shape index (κ1) is 15.5. The van der Waals surface area contributed by atoms with E-state index in [1.54, 1.807) is 31.2 Å². The zero-order valence-corrected chi connectivity index (χ0v) is 13.0. The van der Waals surface area contributed by atoms with E-state index in [2.05, 4.69) is 5.32 Å². The van der Waals surface area contributed by atoms with Gasteiger partial charge in [-0.05, 0) is 25.1 Å². The lowest BCUT2D eigenvalue weighted by molar-refractivity contribution is 0.0527. The fraction of sp³-hybridized carbons (Fsp3) is 0.125. The molecule has 0 radical (unpaired) electrons. The van der Waals surface area contributed by atoms with Crippen molar-refractivity contribution in [3.63, 3.8) is 0 Å². The SMILES string of the molecule is CCOC(=O)c1ccccc1NC(=S)c1ccccc1Cl. The number of esters is 1. The Morgan fingerprint density at radius 2 is 1.76 bits per heavy atom. The van der Waals surface area contributed by atoms with Crippen LogP contribution in [0.2, 0.25) is 5.02 Å². The van der Waals surface area contributed by atoms with Crippen LogP contribution in [0.4, 0.5) is 5.69 Å². The third-order valence-electron chi connectivity index (χ3n) is 2.79. The Hall–Kier alpha value is -1.91. The number of hydrogen-bond donors (Lipinski definition) is 1. The average Bonchev–Trinajstić information content (AvgIpc) is 2.48. The van der Waals surface area contributed by atoms with Gasteiger partial charge in [-0.1, -0.05) is 54.2 Å². The molecule has 2 aromatic rings. The lowest BCUT2D eigenvalue weighted by Crippen LogP contribution is -2.15. The van der Waals surface area contributed by atoms with Crippen LogP contribution in [-0.4, -0.2) is 17.6 Å². The molecule has 0 amide bonds. The minimum absolute atomic E-state index is 0.322. The standard InChI is InChI=1S/C16H14ClNO2S/c1-2-20-16(19)12-8-4-6-10-14(12)18-15(21)11-7-3-5-9-13(11)17/h3-10H,2H2,1H3,(H,18,21). The summed E-state index contributed by atoms with van der Waals surface area (Å²) in [5.41, 5.74) is 1.75. The highest BCUT2D eigenvalue weighted by Gasteiger charge is 2.14. The summed E-state index contributed by atoms with van der Waals surface area (Å²) in [5.74, 6) is -0.387. The van der Waals surface area contributed by atoms with Crippen molar-refractivity contribution in [2.45, 2.75) is 6.92 Å². The molecule has 2 aromatic carbocycles. The summed E-state index contributed by atoms with van der Waals surface area (Å²) < 4.78 is 5.03. The van der Waals surface area contributed by atoms with E-state index < -0.39 is 0 Å². The molecule has 0 aliphatic rings. The smallest absolute Gasteiger partial charge is 0.340 e. The van der Waals surface area contributed by atoms with E-state index >= 15 is 0 Å². The van der Waals surface area contributed by atoms with Crippen LogP contribution in [-0.2, 0) is 4.74 Å². The largest absolute Gasteiger partial charge is 0.462 e. The zero-order chi connectivity index (χ0) is 15.2. The van der Waals surface area contributed by atoms with E-state index in [4.69, 9.17) is 28.6 Å². The van der Waals surface area contributed by atoms with Crippen LogP contribution in [0.1, 0.15) is 22.8 Å². The van der Waals surface area contributed by atoms with Crippen molar-refractivity contribution >= 4 is 40.5 Å². The molecule has 2 rings (SSSR count). The number of benzene rings is 2. The minimum Gasteiger partial charge on any atom is -0.462 e. The molecule has 0 atom stereocenters. The fourth-order valence-corrected chi connectivity index (χ4v) is 2.39. The summed E-state index contributed by atoms with van der Waals surface area (Å²) in [5, 5.41) is 3.61. The van der Waals surface area contributed by atoms with Gasteiger partial charge in [0, 0.05) is 5.56 Å². The maximum atomic E-state index is 11.9. The molecule has 0 saturated heterocycles. The van der Waals surface area contributed by atoms with E-state index in [1.165, 1.54) is 0 Å². The van der Waals surface area contributed by atoms with Gasteiger partial charge < -0.3 is 10.1 Å². The first-order valence-electron chi connectivity index (χ1n) is 6.45. The second-order valence-electron chi connectivity index (χ2n) is 4.20. The molecule has 3 nitrogen and oxygen atoms in total. The predicted octanol–water partition coefficient (Wildman–Crippen LogP) is 4.30. The summed E-state index contributed by atoms with van der Waals surface area (Å²) in [6, 6.07) is 14.3. The van der Waals surface area contributed by atoms with Gasteiger partial charge in [-0.3, -0.25) is 0 Å². The number of ether oxygens (including phenoxy) is 1. The van der Waals surface area contributed by atoms with E-state index in [9.17, 15) is 4.79 Å². The summed E-state index contributed by atoms with van der Waals surface area (Å²) >= 11 is 11.5. The van der Waals surface area contributed by atoms with Crippen molar-refractivity contribution < 1.29 is 9.53 Å². The predicted molar refractivity (Wildman–Crippen MR) is 89.2 cm³/mol. The van der Waals surface area contributed by atoms with Crippen molar-refractivity contribution in [1.82, 2.24) is 0 Å². The van der Waals surface area contributed by atoms with Crippen LogP contribution in [0.25, 0.3) is 0 Å². The number of thiocarbonyl (C=S) groups is 1. The minimum atomic E-state index is -0.387. The molecule has 1 N–H and O–H groups in total. The number of rotatable bonds is 4. The number of hydrogen-bond acceptors (Lipinski definition) is 3. The highest BCUT2D eigenvalue weighted by Crippen LogP contribution is 2.21. The number of anilines is 1. The summed E-state index contributed by atoms with van der Waals surface area (Å²) in [4.78, 5) is 12.4. The van der Waals surface area contributed by atoms with Crippen LogP contribution in [0, 0.1) is 0 Å². The van der Waals surface area contributed by atoms with Crippen LogP contribution in [0.5, 0.6) is 0 Å². The first-order chi connectivity index (χ1) is 10.1. The molecule has 21 heavy (non-hydrogen) atoms. The summed E-state index contributed by atoms with van der Waals surface area (Å²) in [6.45, 7) is 2.09.